The molecule has 19 heavy (non-hydrogen) atoms. The molecule has 3 heteroatoms. The van der Waals surface area contributed by atoms with E-state index in [1.807, 2.05) is 11.3 Å². The van der Waals surface area contributed by atoms with Crippen LogP contribution in [0.25, 0.3) is 0 Å². The molecule has 2 nitrogen and oxygen atoms in total. The fourth-order valence-corrected chi connectivity index (χ4v) is 4.97. The first-order chi connectivity index (χ1) is 9.05. The Morgan fingerprint density at radius 1 is 1.16 bits per heavy atom. The van der Waals surface area contributed by atoms with Crippen molar-refractivity contribution in [2.45, 2.75) is 77.2 Å². The molecule has 0 saturated heterocycles. The molecule has 1 saturated carbocycles. The Morgan fingerprint density at radius 2 is 1.84 bits per heavy atom. The third-order valence-corrected chi connectivity index (χ3v) is 6.10. The van der Waals surface area contributed by atoms with Crippen LogP contribution in [0.3, 0.4) is 0 Å². The van der Waals surface area contributed by atoms with Gasteiger partial charge in [0.2, 0.25) is 0 Å². The van der Waals surface area contributed by atoms with E-state index in [1.165, 1.54) is 54.1 Å². The van der Waals surface area contributed by atoms with Gasteiger partial charge in [-0.15, -0.1) is 11.3 Å². The number of hydrogen-bond acceptors (Lipinski definition) is 3. The van der Waals surface area contributed by atoms with E-state index in [2.05, 4.69) is 13.8 Å². The molecule has 1 heterocycles. The number of thiazole rings is 1. The molecule has 0 radical (unpaired) electrons. The highest BCUT2D eigenvalue weighted by Gasteiger charge is 2.34. The molecule has 0 aliphatic heterocycles. The van der Waals surface area contributed by atoms with Crippen LogP contribution in [0.2, 0.25) is 0 Å². The lowest BCUT2D eigenvalue weighted by Crippen LogP contribution is -2.28. The van der Waals surface area contributed by atoms with E-state index in [0.717, 1.165) is 12.8 Å². The predicted molar refractivity (Wildman–Crippen MR) is 81.6 cm³/mol. The average Bonchev–Trinajstić information content (AvgIpc) is 2.58. The molecule has 2 aliphatic rings. The topological polar surface area (TPSA) is 38.9 Å². The summed E-state index contributed by atoms with van der Waals surface area (Å²) in [5.74, 6) is 0.716. The van der Waals surface area contributed by atoms with Gasteiger partial charge in [-0.05, 0) is 31.1 Å². The van der Waals surface area contributed by atoms with Crippen LogP contribution < -0.4 is 5.73 Å². The second kappa shape index (κ2) is 5.17. The molecule has 1 fully saturated rings. The van der Waals surface area contributed by atoms with Crippen molar-refractivity contribution >= 4 is 11.3 Å². The van der Waals surface area contributed by atoms with E-state index < -0.39 is 0 Å². The smallest absolute Gasteiger partial charge is 0.0962 e. The fourth-order valence-electron chi connectivity index (χ4n) is 3.71. The Kier molecular flexibility index (Phi) is 3.69. The molecular formula is C16H26N2S. The summed E-state index contributed by atoms with van der Waals surface area (Å²) in [4.78, 5) is 6.39. The molecule has 0 spiro atoms. The summed E-state index contributed by atoms with van der Waals surface area (Å²) in [5, 5.41) is 1.39. The highest BCUT2D eigenvalue weighted by Crippen LogP contribution is 2.44. The van der Waals surface area contributed by atoms with Crippen LogP contribution >= 0.6 is 11.3 Å². The maximum absolute atomic E-state index is 6.37. The molecule has 1 aromatic rings. The average molecular weight is 278 g/mol. The predicted octanol–water partition coefficient (Wildman–Crippen LogP) is 4.55. The Hall–Kier alpha value is -0.410. The van der Waals surface area contributed by atoms with Crippen LogP contribution in [0.5, 0.6) is 0 Å². The SMILES string of the molecule is CC1(C)Cc2nc(C3CCCCCC3)sc2C(N)C1. The molecule has 1 unspecified atom stereocenters. The number of nitrogens with zero attached hydrogens (tertiary/aromatic N) is 1. The highest BCUT2D eigenvalue weighted by atomic mass is 32.1. The van der Waals surface area contributed by atoms with Crippen LogP contribution in [0, 0.1) is 5.41 Å². The van der Waals surface area contributed by atoms with E-state index in [9.17, 15) is 0 Å². The van der Waals surface area contributed by atoms with Gasteiger partial charge in [-0.1, -0.05) is 39.5 Å². The maximum Gasteiger partial charge on any atom is 0.0962 e. The number of rotatable bonds is 1. The summed E-state index contributed by atoms with van der Waals surface area (Å²) in [5.41, 5.74) is 8.00. The largest absolute Gasteiger partial charge is 0.323 e. The molecule has 106 valence electrons. The molecule has 0 aromatic carbocycles. The van der Waals surface area contributed by atoms with E-state index >= 15 is 0 Å². The minimum atomic E-state index is 0.218. The normalized spacial score (nSPS) is 27.8. The van der Waals surface area contributed by atoms with Gasteiger partial charge < -0.3 is 5.73 Å². The fraction of sp³-hybridized carbons (Fsp3) is 0.812. The second-order valence-corrected chi connectivity index (χ2v) is 8.27. The Balaban J connectivity index is 1.85. The lowest BCUT2D eigenvalue weighted by molar-refractivity contribution is 0.282. The quantitative estimate of drug-likeness (QED) is 0.765. The van der Waals surface area contributed by atoms with Crippen LogP contribution in [0.1, 0.15) is 86.3 Å². The van der Waals surface area contributed by atoms with Gasteiger partial charge in [0, 0.05) is 16.8 Å². The van der Waals surface area contributed by atoms with E-state index in [4.69, 9.17) is 10.7 Å². The van der Waals surface area contributed by atoms with Crippen molar-refractivity contribution in [2.24, 2.45) is 11.1 Å². The molecule has 2 N–H and O–H groups in total. The zero-order valence-electron chi connectivity index (χ0n) is 12.2. The van der Waals surface area contributed by atoms with Crippen LogP contribution in [-0.4, -0.2) is 4.98 Å². The summed E-state index contributed by atoms with van der Waals surface area (Å²) >= 11 is 1.92. The van der Waals surface area contributed by atoms with Crippen molar-refractivity contribution in [1.82, 2.24) is 4.98 Å². The molecule has 2 aliphatic carbocycles. The van der Waals surface area contributed by atoms with Gasteiger partial charge in [0.15, 0.2) is 0 Å². The summed E-state index contributed by atoms with van der Waals surface area (Å²) in [6, 6.07) is 0.218. The van der Waals surface area contributed by atoms with Gasteiger partial charge in [0.1, 0.15) is 0 Å². The van der Waals surface area contributed by atoms with Crippen molar-refractivity contribution in [1.29, 1.82) is 0 Å². The van der Waals surface area contributed by atoms with Crippen LogP contribution in [0.15, 0.2) is 0 Å². The lowest BCUT2D eigenvalue weighted by Gasteiger charge is -2.32. The van der Waals surface area contributed by atoms with Gasteiger partial charge in [0.05, 0.1) is 10.7 Å². The van der Waals surface area contributed by atoms with E-state index in [0.29, 0.717) is 11.3 Å². The van der Waals surface area contributed by atoms with Crippen molar-refractivity contribution in [3.05, 3.63) is 15.6 Å². The van der Waals surface area contributed by atoms with E-state index in [1.54, 1.807) is 0 Å². The number of fused-ring (bicyclic) bond motifs is 1. The molecule has 0 bridgehead atoms. The van der Waals surface area contributed by atoms with Gasteiger partial charge >= 0.3 is 0 Å². The first kappa shape index (κ1) is 13.6. The number of aromatic nitrogens is 1. The first-order valence-corrected chi connectivity index (χ1v) is 8.62. The van der Waals surface area contributed by atoms with Gasteiger partial charge in [-0.2, -0.15) is 0 Å². The summed E-state index contributed by atoms with van der Waals surface area (Å²) in [7, 11) is 0. The third-order valence-electron chi connectivity index (χ3n) is 4.70. The van der Waals surface area contributed by atoms with E-state index in [-0.39, 0.29) is 6.04 Å². The number of nitrogens with two attached hydrogens (primary N) is 1. The lowest BCUT2D eigenvalue weighted by atomic mass is 9.77. The zero-order valence-corrected chi connectivity index (χ0v) is 13.1. The minimum Gasteiger partial charge on any atom is -0.323 e. The molecule has 1 aromatic heterocycles. The summed E-state index contributed by atoms with van der Waals surface area (Å²) in [6.45, 7) is 4.64. The Bertz CT molecular complexity index is 442. The van der Waals surface area contributed by atoms with Gasteiger partial charge in [0.25, 0.3) is 0 Å². The first-order valence-electron chi connectivity index (χ1n) is 7.80. The summed E-state index contributed by atoms with van der Waals surface area (Å²) < 4.78 is 0. The monoisotopic (exact) mass is 278 g/mol. The standard InChI is InChI=1S/C16H26N2S/c1-16(2)9-12(17)14-13(10-16)18-15(19-14)11-7-5-3-4-6-8-11/h11-12H,3-10,17H2,1-2H3. The summed E-state index contributed by atoms with van der Waals surface area (Å²) in [6.07, 6.45) is 10.5. The molecule has 3 rings (SSSR count). The van der Waals surface area contributed by atoms with Crippen LogP contribution in [-0.2, 0) is 6.42 Å². The third kappa shape index (κ3) is 2.87. The van der Waals surface area contributed by atoms with Crippen LogP contribution in [0.4, 0.5) is 0 Å². The van der Waals surface area contributed by atoms with Crippen molar-refractivity contribution in [3.8, 4) is 0 Å². The molecule has 1 atom stereocenters. The zero-order chi connectivity index (χ0) is 13.5. The molecular weight excluding hydrogens is 252 g/mol. The number of hydrogen-bond donors (Lipinski definition) is 1. The maximum atomic E-state index is 6.37. The van der Waals surface area contributed by atoms with Gasteiger partial charge in [-0.25, -0.2) is 4.98 Å². The Labute approximate surface area is 120 Å². The minimum absolute atomic E-state index is 0.218. The van der Waals surface area contributed by atoms with Crippen molar-refractivity contribution in [3.63, 3.8) is 0 Å². The Morgan fingerprint density at radius 3 is 2.53 bits per heavy atom. The van der Waals surface area contributed by atoms with Crippen molar-refractivity contribution in [2.75, 3.05) is 0 Å². The molecule has 0 amide bonds. The van der Waals surface area contributed by atoms with Crippen molar-refractivity contribution < 1.29 is 0 Å². The van der Waals surface area contributed by atoms with Gasteiger partial charge in [-0.3, -0.25) is 0 Å². The second-order valence-electron chi connectivity index (χ2n) is 7.20. The highest BCUT2D eigenvalue weighted by molar-refractivity contribution is 7.12.